The summed E-state index contributed by atoms with van der Waals surface area (Å²) in [5, 5.41) is 3.11. The molecule has 1 atom stereocenters. The topological polar surface area (TPSA) is 32.3 Å². The SMILES string of the molecule is CCN(CC)C(CNC(=O)c1ccccc1C)c1ccccc1. The van der Waals surface area contributed by atoms with Crippen molar-refractivity contribution in [3.05, 3.63) is 71.3 Å². The van der Waals surface area contributed by atoms with E-state index in [4.69, 9.17) is 0 Å². The standard InChI is InChI=1S/C20H26N2O/c1-4-22(5-2)19(17-12-7-6-8-13-17)15-21-20(23)18-14-10-9-11-16(18)3/h6-14,19H,4-5,15H2,1-3H3,(H,21,23). The van der Waals surface area contributed by atoms with Crippen LogP contribution in [0.1, 0.15) is 41.4 Å². The number of hydrogen-bond acceptors (Lipinski definition) is 2. The average Bonchev–Trinajstić information content (AvgIpc) is 2.59. The summed E-state index contributed by atoms with van der Waals surface area (Å²) in [6.45, 7) is 8.80. The molecule has 1 amide bonds. The summed E-state index contributed by atoms with van der Waals surface area (Å²) in [6.07, 6.45) is 0. The molecule has 0 radical (unpaired) electrons. The minimum atomic E-state index is -0.00353. The van der Waals surface area contributed by atoms with Gasteiger partial charge in [0.25, 0.3) is 5.91 Å². The summed E-state index contributed by atoms with van der Waals surface area (Å²) >= 11 is 0. The maximum atomic E-state index is 12.5. The Bertz CT molecular complexity index is 621. The quantitative estimate of drug-likeness (QED) is 0.843. The Morgan fingerprint density at radius 1 is 1.00 bits per heavy atom. The molecule has 122 valence electrons. The number of carbonyl (C=O) groups is 1. The van der Waals surface area contributed by atoms with Gasteiger partial charge in [-0.3, -0.25) is 9.69 Å². The lowest BCUT2D eigenvalue weighted by atomic mass is 10.0. The van der Waals surface area contributed by atoms with Crippen LogP contribution >= 0.6 is 0 Å². The molecule has 2 aromatic rings. The van der Waals surface area contributed by atoms with Gasteiger partial charge in [-0.05, 0) is 37.2 Å². The van der Waals surface area contributed by atoms with E-state index >= 15 is 0 Å². The lowest BCUT2D eigenvalue weighted by molar-refractivity contribution is 0.0934. The number of amides is 1. The molecule has 3 nitrogen and oxygen atoms in total. The zero-order valence-corrected chi connectivity index (χ0v) is 14.3. The van der Waals surface area contributed by atoms with E-state index in [9.17, 15) is 4.79 Å². The van der Waals surface area contributed by atoms with Gasteiger partial charge in [-0.15, -0.1) is 0 Å². The third-order valence-corrected chi connectivity index (χ3v) is 4.28. The Morgan fingerprint density at radius 2 is 1.61 bits per heavy atom. The fraction of sp³-hybridized carbons (Fsp3) is 0.350. The van der Waals surface area contributed by atoms with Crippen molar-refractivity contribution in [1.82, 2.24) is 10.2 Å². The fourth-order valence-electron chi connectivity index (χ4n) is 2.91. The van der Waals surface area contributed by atoms with Crippen molar-refractivity contribution in [3.63, 3.8) is 0 Å². The second-order valence-corrected chi connectivity index (χ2v) is 5.67. The van der Waals surface area contributed by atoms with Crippen LogP contribution in [0.3, 0.4) is 0 Å². The number of aryl methyl sites for hydroxylation is 1. The highest BCUT2D eigenvalue weighted by atomic mass is 16.1. The van der Waals surface area contributed by atoms with Crippen molar-refractivity contribution in [1.29, 1.82) is 0 Å². The first kappa shape index (κ1) is 17.2. The highest BCUT2D eigenvalue weighted by Gasteiger charge is 2.19. The van der Waals surface area contributed by atoms with Crippen LogP contribution in [-0.4, -0.2) is 30.4 Å². The van der Waals surface area contributed by atoms with Crippen molar-refractivity contribution >= 4 is 5.91 Å². The molecule has 3 heteroatoms. The van der Waals surface area contributed by atoms with Gasteiger partial charge in [0, 0.05) is 12.1 Å². The molecule has 1 unspecified atom stereocenters. The molecule has 0 aliphatic heterocycles. The van der Waals surface area contributed by atoms with Gasteiger partial charge in [0.15, 0.2) is 0 Å². The minimum absolute atomic E-state index is 0.00353. The van der Waals surface area contributed by atoms with E-state index in [1.807, 2.05) is 37.3 Å². The van der Waals surface area contributed by atoms with Gasteiger partial charge in [0.1, 0.15) is 0 Å². The molecule has 0 aliphatic carbocycles. The summed E-state index contributed by atoms with van der Waals surface area (Å²) < 4.78 is 0. The summed E-state index contributed by atoms with van der Waals surface area (Å²) in [7, 11) is 0. The summed E-state index contributed by atoms with van der Waals surface area (Å²) in [4.78, 5) is 14.8. The Hall–Kier alpha value is -2.13. The highest BCUT2D eigenvalue weighted by Crippen LogP contribution is 2.19. The molecular weight excluding hydrogens is 284 g/mol. The predicted molar refractivity (Wildman–Crippen MR) is 95.6 cm³/mol. The van der Waals surface area contributed by atoms with E-state index in [0.717, 1.165) is 24.2 Å². The third kappa shape index (κ3) is 4.42. The first-order valence-corrected chi connectivity index (χ1v) is 8.30. The lowest BCUT2D eigenvalue weighted by Crippen LogP contribution is -2.38. The molecule has 0 heterocycles. The van der Waals surface area contributed by atoms with Gasteiger partial charge in [0.2, 0.25) is 0 Å². The smallest absolute Gasteiger partial charge is 0.251 e. The van der Waals surface area contributed by atoms with Crippen LogP contribution in [0.25, 0.3) is 0 Å². The fourth-order valence-corrected chi connectivity index (χ4v) is 2.91. The Kier molecular flexibility index (Phi) is 6.36. The van der Waals surface area contributed by atoms with Gasteiger partial charge >= 0.3 is 0 Å². The van der Waals surface area contributed by atoms with Gasteiger partial charge in [0.05, 0.1) is 6.04 Å². The highest BCUT2D eigenvalue weighted by molar-refractivity contribution is 5.95. The van der Waals surface area contributed by atoms with Gasteiger partial charge < -0.3 is 5.32 Å². The number of nitrogens with one attached hydrogen (secondary N) is 1. The molecule has 0 aliphatic rings. The molecule has 0 fully saturated rings. The van der Waals surface area contributed by atoms with E-state index in [1.54, 1.807) is 0 Å². The van der Waals surface area contributed by atoms with Crippen LogP contribution in [0, 0.1) is 6.92 Å². The summed E-state index contributed by atoms with van der Waals surface area (Å²) in [5.41, 5.74) is 2.99. The third-order valence-electron chi connectivity index (χ3n) is 4.28. The normalized spacial score (nSPS) is 12.2. The Labute approximate surface area is 139 Å². The zero-order valence-electron chi connectivity index (χ0n) is 14.3. The van der Waals surface area contributed by atoms with Crippen LogP contribution in [0.4, 0.5) is 0 Å². The van der Waals surface area contributed by atoms with E-state index in [0.29, 0.717) is 6.54 Å². The predicted octanol–water partition coefficient (Wildman–Crippen LogP) is 3.81. The van der Waals surface area contributed by atoms with E-state index < -0.39 is 0 Å². The van der Waals surface area contributed by atoms with Crippen molar-refractivity contribution in [3.8, 4) is 0 Å². The lowest BCUT2D eigenvalue weighted by Gasteiger charge is -2.30. The number of likely N-dealkylation sites (N-methyl/N-ethyl adjacent to an activating group) is 1. The first-order chi connectivity index (χ1) is 11.2. The molecular formula is C20H26N2O. The van der Waals surface area contributed by atoms with Crippen LogP contribution in [0.15, 0.2) is 54.6 Å². The Morgan fingerprint density at radius 3 is 2.22 bits per heavy atom. The van der Waals surface area contributed by atoms with Crippen LogP contribution in [-0.2, 0) is 0 Å². The molecule has 23 heavy (non-hydrogen) atoms. The average molecular weight is 310 g/mol. The number of hydrogen-bond donors (Lipinski definition) is 1. The second-order valence-electron chi connectivity index (χ2n) is 5.67. The van der Waals surface area contributed by atoms with Crippen LogP contribution in [0.2, 0.25) is 0 Å². The van der Waals surface area contributed by atoms with E-state index in [1.165, 1.54) is 5.56 Å². The van der Waals surface area contributed by atoms with Crippen molar-refractivity contribution in [2.45, 2.75) is 26.8 Å². The molecule has 0 bridgehead atoms. The van der Waals surface area contributed by atoms with Crippen LogP contribution < -0.4 is 5.32 Å². The van der Waals surface area contributed by atoms with E-state index in [-0.39, 0.29) is 11.9 Å². The maximum absolute atomic E-state index is 12.5. The molecule has 2 aromatic carbocycles. The van der Waals surface area contributed by atoms with Crippen molar-refractivity contribution in [2.24, 2.45) is 0 Å². The molecule has 0 aromatic heterocycles. The van der Waals surface area contributed by atoms with E-state index in [2.05, 4.69) is 48.3 Å². The summed E-state index contributed by atoms with van der Waals surface area (Å²) in [6, 6.07) is 18.3. The number of rotatable bonds is 7. The number of nitrogens with zero attached hydrogens (tertiary/aromatic N) is 1. The second kappa shape index (κ2) is 8.49. The van der Waals surface area contributed by atoms with Crippen molar-refractivity contribution < 1.29 is 4.79 Å². The molecule has 2 rings (SSSR count). The number of carbonyl (C=O) groups excluding carboxylic acids is 1. The van der Waals surface area contributed by atoms with Crippen molar-refractivity contribution in [2.75, 3.05) is 19.6 Å². The molecule has 1 N–H and O–H groups in total. The molecule has 0 saturated heterocycles. The maximum Gasteiger partial charge on any atom is 0.251 e. The summed E-state index contributed by atoms with van der Waals surface area (Å²) in [5.74, 6) is -0.00353. The number of benzene rings is 2. The first-order valence-electron chi connectivity index (χ1n) is 8.30. The van der Waals surface area contributed by atoms with Gasteiger partial charge in [-0.25, -0.2) is 0 Å². The zero-order chi connectivity index (χ0) is 16.7. The monoisotopic (exact) mass is 310 g/mol. The molecule has 0 spiro atoms. The molecule has 0 saturated carbocycles. The minimum Gasteiger partial charge on any atom is -0.350 e. The van der Waals surface area contributed by atoms with Gasteiger partial charge in [-0.2, -0.15) is 0 Å². The van der Waals surface area contributed by atoms with Crippen LogP contribution in [0.5, 0.6) is 0 Å². The Balaban J connectivity index is 2.12. The largest absolute Gasteiger partial charge is 0.350 e. The van der Waals surface area contributed by atoms with Gasteiger partial charge in [-0.1, -0.05) is 62.4 Å².